The molecule has 0 radical (unpaired) electrons. The summed E-state index contributed by atoms with van der Waals surface area (Å²) >= 11 is 0. The number of likely N-dealkylation sites (N-methyl/N-ethyl adjacent to an activating group) is 1. The molecule has 0 unspecified atom stereocenters. The Labute approximate surface area is 131 Å². The lowest BCUT2D eigenvalue weighted by Crippen LogP contribution is -2.48. The second-order valence-electron chi connectivity index (χ2n) is 6.64. The summed E-state index contributed by atoms with van der Waals surface area (Å²) in [6.07, 6.45) is 0. The van der Waals surface area contributed by atoms with Crippen molar-refractivity contribution in [1.29, 1.82) is 0 Å². The zero-order valence-electron chi connectivity index (χ0n) is 13.5. The van der Waals surface area contributed by atoms with Crippen molar-refractivity contribution in [2.45, 2.75) is 19.3 Å². The molecule has 1 heterocycles. The Hall–Kier alpha value is -1.63. The summed E-state index contributed by atoms with van der Waals surface area (Å²) in [7, 11) is 2.14. The summed E-state index contributed by atoms with van der Waals surface area (Å²) in [6.45, 7) is 9.56. The standard InChI is InChI=1S/C16H25N3O3/c1-16(2,11-19-8-6-18(3)7-9-19)12-4-5-13(14(17)10-12)15(20)22-21/h4-5,10,21H,6-9,11,17H2,1-3H3. The van der Waals surface area contributed by atoms with Gasteiger partial charge in [-0.2, -0.15) is 5.26 Å². The fourth-order valence-corrected chi connectivity index (χ4v) is 2.88. The Morgan fingerprint density at radius 2 is 1.95 bits per heavy atom. The van der Waals surface area contributed by atoms with Gasteiger partial charge in [-0.25, -0.2) is 4.79 Å². The van der Waals surface area contributed by atoms with Gasteiger partial charge in [0.05, 0.1) is 5.56 Å². The quantitative estimate of drug-likeness (QED) is 0.497. The van der Waals surface area contributed by atoms with Crippen LogP contribution in [0.5, 0.6) is 0 Å². The van der Waals surface area contributed by atoms with E-state index in [1.165, 1.54) is 0 Å². The van der Waals surface area contributed by atoms with Crippen molar-refractivity contribution in [1.82, 2.24) is 9.80 Å². The minimum absolute atomic E-state index is 0.0777. The number of carbonyl (C=O) groups is 1. The molecule has 0 atom stereocenters. The van der Waals surface area contributed by atoms with Gasteiger partial charge in [0.2, 0.25) is 0 Å². The van der Waals surface area contributed by atoms with Crippen molar-refractivity contribution < 1.29 is 14.9 Å². The van der Waals surface area contributed by atoms with Gasteiger partial charge in [-0.15, -0.1) is 0 Å². The van der Waals surface area contributed by atoms with Gasteiger partial charge in [-0.05, 0) is 24.7 Å². The van der Waals surface area contributed by atoms with Crippen LogP contribution in [0.15, 0.2) is 18.2 Å². The molecule has 6 heteroatoms. The zero-order valence-corrected chi connectivity index (χ0v) is 13.5. The summed E-state index contributed by atoms with van der Waals surface area (Å²) < 4.78 is 0. The minimum Gasteiger partial charge on any atom is -0.398 e. The highest BCUT2D eigenvalue weighted by Gasteiger charge is 2.27. The van der Waals surface area contributed by atoms with E-state index in [9.17, 15) is 4.79 Å². The largest absolute Gasteiger partial charge is 0.398 e. The Morgan fingerprint density at radius 3 is 2.50 bits per heavy atom. The van der Waals surface area contributed by atoms with E-state index >= 15 is 0 Å². The third kappa shape index (κ3) is 3.76. The van der Waals surface area contributed by atoms with E-state index < -0.39 is 5.97 Å². The van der Waals surface area contributed by atoms with Gasteiger partial charge in [0.25, 0.3) is 0 Å². The van der Waals surface area contributed by atoms with Crippen molar-refractivity contribution in [2.75, 3.05) is 45.5 Å². The summed E-state index contributed by atoms with van der Waals surface area (Å²) in [5, 5.41) is 8.46. The van der Waals surface area contributed by atoms with E-state index in [-0.39, 0.29) is 11.0 Å². The Morgan fingerprint density at radius 1 is 1.32 bits per heavy atom. The lowest BCUT2D eigenvalue weighted by Gasteiger charge is -2.38. The number of hydrogen-bond donors (Lipinski definition) is 2. The summed E-state index contributed by atoms with van der Waals surface area (Å²) in [6, 6.07) is 5.27. The predicted octanol–water partition coefficient (Wildman–Crippen LogP) is 1.42. The highest BCUT2D eigenvalue weighted by Crippen LogP contribution is 2.28. The second-order valence-corrected chi connectivity index (χ2v) is 6.64. The molecule has 0 aliphatic carbocycles. The summed E-state index contributed by atoms with van der Waals surface area (Å²) in [5.74, 6) is -0.832. The zero-order chi connectivity index (χ0) is 16.3. The number of hydrogen-bond acceptors (Lipinski definition) is 6. The monoisotopic (exact) mass is 307 g/mol. The lowest BCUT2D eigenvalue weighted by atomic mass is 9.83. The molecular formula is C16H25N3O3. The molecule has 6 nitrogen and oxygen atoms in total. The SMILES string of the molecule is CN1CCN(CC(C)(C)c2ccc(C(=O)OO)c(N)c2)CC1. The number of nitrogens with zero attached hydrogens (tertiary/aromatic N) is 2. The van der Waals surface area contributed by atoms with Crippen LogP contribution in [-0.2, 0) is 10.3 Å². The van der Waals surface area contributed by atoms with Crippen molar-refractivity contribution in [3.8, 4) is 0 Å². The molecule has 1 aliphatic rings. The maximum absolute atomic E-state index is 11.4. The first-order valence-corrected chi connectivity index (χ1v) is 7.50. The van der Waals surface area contributed by atoms with Crippen molar-refractivity contribution >= 4 is 11.7 Å². The maximum atomic E-state index is 11.4. The molecule has 1 aromatic rings. The fourth-order valence-electron chi connectivity index (χ4n) is 2.88. The van der Waals surface area contributed by atoms with E-state index in [1.807, 2.05) is 6.07 Å². The molecule has 3 N–H and O–H groups in total. The number of nitrogen functional groups attached to an aromatic ring is 1. The van der Waals surface area contributed by atoms with E-state index in [1.54, 1.807) is 12.1 Å². The molecule has 1 saturated heterocycles. The molecule has 0 aromatic heterocycles. The first-order chi connectivity index (χ1) is 10.3. The first kappa shape index (κ1) is 16.7. The molecule has 2 rings (SSSR count). The molecule has 1 aliphatic heterocycles. The van der Waals surface area contributed by atoms with Crippen LogP contribution in [0.2, 0.25) is 0 Å². The lowest BCUT2D eigenvalue weighted by molar-refractivity contribution is -0.182. The Kier molecular flexibility index (Phi) is 5.05. The molecule has 122 valence electrons. The second kappa shape index (κ2) is 6.64. The van der Waals surface area contributed by atoms with Crippen LogP contribution in [0.3, 0.4) is 0 Å². The fraction of sp³-hybridized carbons (Fsp3) is 0.562. The first-order valence-electron chi connectivity index (χ1n) is 7.50. The van der Waals surface area contributed by atoms with Crippen LogP contribution in [0.1, 0.15) is 29.8 Å². The topological polar surface area (TPSA) is 79.0 Å². The highest BCUT2D eigenvalue weighted by molar-refractivity contribution is 5.94. The third-order valence-corrected chi connectivity index (χ3v) is 4.35. The van der Waals surface area contributed by atoms with Crippen LogP contribution >= 0.6 is 0 Å². The van der Waals surface area contributed by atoms with Gasteiger partial charge in [-0.1, -0.05) is 19.9 Å². The molecule has 0 spiro atoms. The smallest absolute Gasteiger partial charge is 0.374 e. The maximum Gasteiger partial charge on any atom is 0.374 e. The minimum atomic E-state index is -0.832. The number of benzene rings is 1. The molecule has 0 saturated carbocycles. The number of nitrogens with two attached hydrogens (primary N) is 1. The highest BCUT2D eigenvalue weighted by atomic mass is 17.1. The number of anilines is 1. The average molecular weight is 307 g/mol. The van der Waals surface area contributed by atoms with Crippen LogP contribution in [-0.4, -0.2) is 60.8 Å². The number of piperazine rings is 1. The summed E-state index contributed by atoms with van der Waals surface area (Å²) in [4.78, 5) is 19.9. The van der Waals surface area contributed by atoms with Crippen LogP contribution < -0.4 is 5.73 Å². The molecular weight excluding hydrogens is 282 g/mol. The van der Waals surface area contributed by atoms with Crippen LogP contribution in [0.25, 0.3) is 0 Å². The molecule has 22 heavy (non-hydrogen) atoms. The van der Waals surface area contributed by atoms with Gasteiger partial charge in [0.15, 0.2) is 0 Å². The summed E-state index contributed by atoms with van der Waals surface area (Å²) in [5.41, 5.74) is 7.41. The molecule has 1 fully saturated rings. The molecule has 1 aromatic carbocycles. The van der Waals surface area contributed by atoms with Gasteiger partial charge in [0.1, 0.15) is 0 Å². The van der Waals surface area contributed by atoms with Gasteiger partial charge < -0.3 is 10.6 Å². The van der Waals surface area contributed by atoms with E-state index in [0.717, 1.165) is 38.3 Å². The third-order valence-electron chi connectivity index (χ3n) is 4.35. The van der Waals surface area contributed by atoms with Gasteiger partial charge in [0, 0.05) is 43.8 Å². The van der Waals surface area contributed by atoms with Crippen LogP contribution in [0.4, 0.5) is 5.69 Å². The van der Waals surface area contributed by atoms with Crippen molar-refractivity contribution in [2.24, 2.45) is 0 Å². The molecule has 0 amide bonds. The van der Waals surface area contributed by atoms with Gasteiger partial charge >= 0.3 is 5.97 Å². The number of rotatable bonds is 4. The van der Waals surface area contributed by atoms with E-state index in [0.29, 0.717) is 5.69 Å². The average Bonchev–Trinajstić information content (AvgIpc) is 2.48. The normalized spacial score (nSPS) is 17.5. The molecule has 0 bridgehead atoms. The Balaban J connectivity index is 2.12. The van der Waals surface area contributed by atoms with Gasteiger partial charge in [-0.3, -0.25) is 9.79 Å². The van der Waals surface area contributed by atoms with E-state index in [4.69, 9.17) is 11.0 Å². The van der Waals surface area contributed by atoms with E-state index in [2.05, 4.69) is 35.6 Å². The predicted molar refractivity (Wildman–Crippen MR) is 85.9 cm³/mol. The van der Waals surface area contributed by atoms with Crippen LogP contribution in [0, 0.1) is 0 Å². The Bertz CT molecular complexity index is 537. The number of carbonyl (C=O) groups excluding carboxylic acids is 1. The van der Waals surface area contributed by atoms with Crippen molar-refractivity contribution in [3.05, 3.63) is 29.3 Å². The van der Waals surface area contributed by atoms with Crippen molar-refractivity contribution in [3.63, 3.8) is 0 Å².